The Morgan fingerprint density at radius 2 is 1.89 bits per heavy atom. The van der Waals surface area contributed by atoms with Gasteiger partial charge in [0, 0.05) is 6.20 Å². The monoisotopic (exact) mass is 317 g/mol. The molecule has 0 saturated heterocycles. The molecule has 0 aliphatic rings. The van der Waals surface area contributed by atoms with Crippen LogP contribution in [0.4, 0.5) is 0 Å². The van der Waals surface area contributed by atoms with E-state index >= 15 is 0 Å². The van der Waals surface area contributed by atoms with Crippen LogP contribution >= 0.6 is 15.9 Å². The molecule has 0 aliphatic carbocycles. The minimum atomic E-state index is -0.353. The lowest BCUT2D eigenvalue weighted by Gasteiger charge is -2.12. The van der Waals surface area contributed by atoms with Gasteiger partial charge in [0.05, 0.1) is 11.4 Å². The maximum atomic E-state index is 6.24. The number of halogens is 1. The number of hydrogen-bond acceptors (Lipinski definition) is 3. The minimum Gasteiger partial charge on any atom is -0.452 e. The van der Waals surface area contributed by atoms with Crippen molar-refractivity contribution in [1.29, 1.82) is 0 Å². The zero-order valence-electron chi connectivity index (χ0n) is 10.0. The third kappa shape index (κ3) is 2.34. The molecule has 0 amide bonds. The highest BCUT2D eigenvalue weighted by Gasteiger charge is 2.18. The van der Waals surface area contributed by atoms with E-state index in [2.05, 4.69) is 21.0 Å². The fourth-order valence-electron chi connectivity index (χ4n) is 1.98. The van der Waals surface area contributed by atoms with Crippen LogP contribution in [0.2, 0.25) is 0 Å². The number of benzene rings is 1. The molecule has 1 unspecified atom stereocenters. The van der Waals surface area contributed by atoms with Gasteiger partial charge in [-0.1, -0.05) is 18.2 Å². The Kier molecular flexibility index (Phi) is 3.23. The van der Waals surface area contributed by atoms with Crippen LogP contribution in [0.3, 0.4) is 0 Å². The Labute approximate surface area is 119 Å². The van der Waals surface area contributed by atoms with Crippen LogP contribution < -0.4 is 5.73 Å². The second-order valence-corrected chi connectivity index (χ2v) is 4.90. The molecule has 0 spiro atoms. The lowest BCUT2D eigenvalue weighted by atomic mass is 10.1. The van der Waals surface area contributed by atoms with Gasteiger partial charge in [0.15, 0.2) is 4.67 Å². The van der Waals surface area contributed by atoms with Crippen molar-refractivity contribution in [2.45, 2.75) is 6.04 Å². The quantitative estimate of drug-likeness (QED) is 0.806. The number of nitrogens with two attached hydrogens (primary N) is 1. The standard InChI is InChI=1S/C14H12BrN3O/c15-13-7-6-12(19-13)14(16)11-8-9-17-18(11)10-4-2-1-3-5-10/h1-9,14H,16H2. The first-order chi connectivity index (χ1) is 9.25. The molecule has 2 heterocycles. The van der Waals surface area contributed by atoms with Crippen LogP contribution in [0.1, 0.15) is 17.5 Å². The number of para-hydroxylation sites is 1. The molecule has 0 saturated carbocycles. The summed E-state index contributed by atoms with van der Waals surface area (Å²) in [6.45, 7) is 0. The van der Waals surface area contributed by atoms with Gasteiger partial charge in [-0.25, -0.2) is 4.68 Å². The van der Waals surface area contributed by atoms with Gasteiger partial charge >= 0.3 is 0 Å². The summed E-state index contributed by atoms with van der Waals surface area (Å²) in [5, 5.41) is 4.32. The average Bonchev–Trinajstić information content (AvgIpc) is 3.07. The summed E-state index contributed by atoms with van der Waals surface area (Å²) in [6.07, 6.45) is 1.74. The van der Waals surface area contributed by atoms with Crippen LogP contribution in [-0.2, 0) is 0 Å². The van der Waals surface area contributed by atoms with Crippen molar-refractivity contribution in [2.75, 3.05) is 0 Å². The molecule has 5 heteroatoms. The number of nitrogens with zero attached hydrogens (tertiary/aromatic N) is 2. The summed E-state index contributed by atoms with van der Waals surface area (Å²) >= 11 is 3.28. The molecule has 1 aromatic carbocycles. The van der Waals surface area contributed by atoms with Crippen LogP contribution in [0.15, 0.2) is 63.8 Å². The summed E-state index contributed by atoms with van der Waals surface area (Å²) in [6, 6.07) is 15.1. The normalized spacial score (nSPS) is 12.5. The van der Waals surface area contributed by atoms with Crippen molar-refractivity contribution in [3.63, 3.8) is 0 Å². The zero-order chi connectivity index (χ0) is 13.2. The molecular formula is C14H12BrN3O. The predicted molar refractivity (Wildman–Crippen MR) is 76.0 cm³/mol. The average molecular weight is 318 g/mol. The lowest BCUT2D eigenvalue weighted by molar-refractivity contribution is 0.464. The summed E-state index contributed by atoms with van der Waals surface area (Å²) in [5.41, 5.74) is 8.09. The van der Waals surface area contributed by atoms with Crippen molar-refractivity contribution in [1.82, 2.24) is 9.78 Å². The molecule has 0 fully saturated rings. The molecule has 2 N–H and O–H groups in total. The fraction of sp³-hybridized carbons (Fsp3) is 0.0714. The highest BCUT2D eigenvalue weighted by molar-refractivity contribution is 9.10. The molecule has 0 aliphatic heterocycles. The number of hydrogen-bond donors (Lipinski definition) is 1. The van der Waals surface area contributed by atoms with Crippen LogP contribution in [0.25, 0.3) is 5.69 Å². The second kappa shape index (κ2) is 5.03. The van der Waals surface area contributed by atoms with Gasteiger partial charge in [0.1, 0.15) is 11.8 Å². The first kappa shape index (κ1) is 12.2. The van der Waals surface area contributed by atoms with E-state index in [1.165, 1.54) is 0 Å². The van der Waals surface area contributed by atoms with E-state index in [0.717, 1.165) is 11.4 Å². The Morgan fingerprint density at radius 1 is 1.11 bits per heavy atom. The van der Waals surface area contributed by atoms with Crippen molar-refractivity contribution in [3.05, 3.63) is 70.9 Å². The van der Waals surface area contributed by atoms with Crippen molar-refractivity contribution < 1.29 is 4.42 Å². The van der Waals surface area contributed by atoms with Gasteiger partial charge in [-0.2, -0.15) is 5.10 Å². The van der Waals surface area contributed by atoms with Crippen molar-refractivity contribution in [3.8, 4) is 5.69 Å². The molecule has 2 aromatic heterocycles. The van der Waals surface area contributed by atoms with Gasteiger partial charge in [-0.05, 0) is 46.3 Å². The van der Waals surface area contributed by atoms with Crippen molar-refractivity contribution in [2.24, 2.45) is 5.73 Å². The molecule has 1 atom stereocenters. The Balaban J connectivity index is 2.01. The Bertz CT molecular complexity index is 675. The van der Waals surface area contributed by atoms with Crippen LogP contribution in [0, 0.1) is 0 Å². The molecule has 19 heavy (non-hydrogen) atoms. The Hall–Kier alpha value is -1.85. The molecule has 0 radical (unpaired) electrons. The minimum absolute atomic E-state index is 0.353. The fourth-order valence-corrected chi connectivity index (χ4v) is 2.29. The Morgan fingerprint density at radius 3 is 2.58 bits per heavy atom. The number of aromatic nitrogens is 2. The van der Waals surface area contributed by atoms with Gasteiger partial charge in [-0.3, -0.25) is 0 Å². The third-order valence-corrected chi connectivity index (χ3v) is 3.32. The zero-order valence-corrected chi connectivity index (χ0v) is 11.6. The molecule has 3 rings (SSSR count). The topological polar surface area (TPSA) is 57.0 Å². The molecule has 0 bridgehead atoms. The van der Waals surface area contributed by atoms with Gasteiger partial charge in [0.2, 0.25) is 0 Å². The largest absolute Gasteiger partial charge is 0.452 e. The smallest absolute Gasteiger partial charge is 0.169 e. The van der Waals surface area contributed by atoms with Gasteiger partial charge in [-0.15, -0.1) is 0 Å². The maximum Gasteiger partial charge on any atom is 0.169 e. The number of rotatable bonds is 3. The highest BCUT2D eigenvalue weighted by atomic mass is 79.9. The first-order valence-corrected chi connectivity index (χ1v) is 6.65. The van der Waals surface area contributed by atoms with Crippen LogP contribution in [-0.4, -0.2) is 9.78 Å². The lowest BCUT2D eigenvalue weighted by Crippen LogP contribution is -2.16. The van der Waals surface area contributed by atoms with E-state index in [-0.39, 0.29) is 6.04 Å². The van der Waals surface area contributed by atoms with E-state index in [1.807, 2.05) is 53.2 Å². The summed E-state index contributed by atoms with van der Waals surface area (Å²) in [7, 11) is 0. The summed E-state index contributed by atoms with van der Waals surface area (Å²) < 4.78 is 8.00. The van der Waals surface area contributed by atoms with E-state index < -0.39 is 0 Å². The second-order valence-electron chi connectivity index (χ2n) is 4.12. The van der Waals surface area contributed by atoms with Crippen molar-refractivity contribution >= 4 is 15.9 Å². The van der Waals surface area contributed by atoms with E-state index in [0.29, 0.717) is 10.4 Å². The SMILES string of the molecule is NC(c1ccc(Br)o1)c1ccnn1-c1ccccc1. The summed E-state index contributed by atoms with van der Waals surface area (Å²) in [5.74, 6) is 0.699. The van der Waals surface area contributed by atoms with Crippen LogP contribution in [0.5, 0.6) is 0 Å². The molecular weight excluding hydrogens is 306 g/mol. The van der Waals surface area contributed by atoms with E-state index in [4.69, 9.17) is 10.2 Å². The van der Waals surface area contributed by atoms with Gasteiger partial charge < -0.3 is 10.2 Å². The number of furan rings is 1. The maximum absolute atomic E-state index is 6.24. The molecule has 96 valence electrons. The summed E-state index contributed by atoms with van der Waals surface area (Å²) in [4.78, 5) is 0. The van der Waals surface area contributed by atoms with Gasteiger partial charge in [0.25, 0.3) is 0 Å². The third-order valence-electron chi connectivity index (χ3n) is 2.89. The predicted octanol–water partition coefficient (Wildman–Crippen LogP) is 3.28. The highest BCUT2D eigenvalue weighted by Crippen LogP contribution is 2.25. The van der Waals surface area contributed by atoms with E-state index in [9.17, 15) is 0 Å². The molecule has 3 aromatic rings. The van der Waals surface area contributed by atoms with E-state index in [1.54, 1.807) is 6.20 Å². The first-order valence-electron chi connectivity index (χ1n) is 5.86. The molecule has 4 nitrogen and oxygen atoms in total.